The maximum Gasteiger partial charge on any atom is 0.261 e. The molecule has 0 aliphatic carbocycles. The van der Waals surface area contributed by atoms with Gasteiger partial charge in [0, 0.05) is 0 Å². The van der Waals surface area contributed by atoms with E-state index in [0.29, 0.717) is 18.1 Å². The summed E-state index contributed by atoms with van der Waals surface area (Å²) in [5, 5.41) is 3.11. The standard InChI is InChI=1S/C23H31NO3/c1-7-21(27-18-11-9-8-10-12-18)23(25)24-17(5)20-14-19(15(2)3)22(26-6)13-16(20)4/h8-15,17,21H,7H2,1-6H3,(H,24,25)/t17-,21+/m0/s1. The second kappa shape index (κ2) is 9.45. The van der Waals surface area contributed by atoms with Crippen molar-refractivity contribution in [3.05, 3.63) is 59.2 Å². The quantitative estimate of drug-likeness (QED) is 0.699. The number of methoxy groups -OCH3 is 1. The van der Waals surface area contributed by atoms with Crippen LogP contribution in [0.5, 0.6) is 11.5 Å². The van der Waals surface area contributed by atoms with Gasteiger partial charge in [0.05, 0.1) is 13.2 Å². The first-order valence-corrected chi connectivity index (χ1v) is 9.57. The zero-order chi connectivity index (χ0) is 20.0. The largest absolute Gasteiger partial charge is 0.496 e. The van der Waals surface area contributed by atoms with E-state index in [9.17, 15) is 4.79 Å². The van der Waals surface area contributed by atoms with Gasteiger partial charge in [0.1, 0.15) is 11.5 Å². The van der Waals surface area contributed by atoms with E-state index in [4.69, 9.17) is 9.47 Å². The van der Waals surface area contributed by atoms with Crippen molar-refractivity contribution in [2.45, 2.75) is 59.1 Å². The Bertz CT molecular complexity index is 756. The summed E-state index contributed by atoms with van der Waals surface area (Å²) in [6, 6.07) is 13.5. The maximum atomic E-state index is 12.8. The highest BCUT2D eigenvalue weighted by molar-refractivity contribution is 5.81. The van der Waals surface area contributed by atoms with Crippen LogP contribution < -0.4 is 14.8 Å². The van der Waals surface area contributed by atoms with Gasteiger partial charge in [-0.2, -0.15) is 0 Å². The third-order valence-corrected chi connectivity index (χ3v) is 4.75. The van der Waals surface area contributed by atoms with Gasteiger partial charge in [-0.15, -0.1) is 0 Å². The van der Waals surface area contributed by atoms with E-state index in [0.717, 1.165) is 22.4 Å². The van der Waals surface area contributed by atoms with Crippen LogP contribution >= 0.6 is 0 Å². The van der Waals surface area contributed by atoms with Crippen molar-refractivity contribution in [3.8, 4) is 11.5 Å². The van der Waals surface area contributed by atoms with Gasteiger partial charge in [-0.3, -0.25) is 4.79 Å². The molecule has 27 heavy (non-hydrogen) atoms. The van der Waals surface area contributed by atoms with Crippen LogP contribution in [0.15, 0.2) is 42.5 Å². The number of carbonyl (C=O) groups is 1. The van der Waals surface area contributed by atoms with E-state index in [-0.39, 0.29) is 11.9 Å². The second-order valence-electron chi connectivity index (χ2n) is 7.16. The average Bonchev–Trinajstić information content (AvgIpc) is 2.65. The number of rotatable bonds is 8. The minimum absolute atomic E-state index is 0.102. The van der Waals surface area contributed by atoms with Crippen molar-refractivity contribution in [1.29, 1.82) is 0 Å². The number of benzene rings is 2. The van der Waals surface area contributed by atoms with Crippen LogP contribution in [-0.4, -0.2) is 19.1 Å². The number of hydrogen-bond donors (Lipinski definition) is 1. The SMILES string of the molecule is CC[C@@H](Oc1ccccc1)C(=O)N[C@@H](C)c1cc(C(C)C)c(OC)cc1C. The van der Waals surface area contributed by atoms with Gasteiger partial charge in [0.15, 0.2) is 6.10 Å². The number of amides is 1. The molecule has 1 amide bonds. The van der Waals surface area contributed by atoms with Crippen LogP contribution in [0.25, 0.3) is 0 Å². The van der Waals surface area contributed by atoms with Crippen LogP contribution in [0.2, 0.25) is 0 Å². The molecule has 0 saturated carbocycles. The monoisotopic (exact) mass is 369 g/mol. The number of nitrogens with one attached hydrogen (secondary N) is 1. The highest BCUT2D eigenvalue weighted by atomic mass is 16.5. The van der Waals surface area contributed by atoms with Gasteiger partial charge >= 0.3 is 0 Å². The first-order chi connectivity index (χ1) is 12.9. The maximum absolute atomic E-state index is 12.8. The van der Waals surface area contributed by atoms with Crippen LogP contribution in [-0.2, 0) is 4.79 Å². The zero-order valence-electron chi connectivity index (χ0n) is 17.2. The van der Waals surface area contributed by atoms with E-state index in [1.807, 2.05) is 57.2 Å². The molecule has 1 N–H and O–H groups in total. The fourth-order valence-corrected chi connectivity index (χ4v) is 3.18. The van der Waals surface area contributed by atoms with E-state index >= 15 is 0 Å². The topological polar surface area (TPSA) is 47.6 Å². The number of para-hydroxylation sites is 1. The molecule has 2 rings (SSSR count). The van der Waals surface area contributed by atoms with Crippen LogP contribution in [0, 0.1) is 6.92 Å². The van der Waals surface area contributed by atoms with Gasteiger partial charge in [-0.25, -0.2) is 0 Å². The second-order valence-corrected chi connectivity index (χ2v) is 7.16. The minimum Gasteiger partial charge on any atom is -0.496 e. The number of aryl methyl sites for hydroxylation is 1. The predicted octanol–water partition coefficient (Wildman–Crippen LogP) is 5.16. The van der Waals surface area contributed by atoms with E-state index in [1.54, 1.807) is 7.11 Å². The Morgan fingerprint density at radius 1 is 1.07 bits per heavy atom. The lowest BCUT2D eigenvalue weighted by Crippen LogP contribution is -2.39. The Labute approximate surface area is 162 Å². The lowest BCUT2D eigenvalue weighted by atomic mass is 9.93. The van der Waals surface area contributed by atoms with Crippen LogP contribution in [0.3, 0.4) is 0 Å². The smallest absolute Gasteiger partial charge is 0.261 e. The van der Waals surface area contributed by atoms with Crippen LogP contribution in [0.1, 0.15) is 62.8 Å². The molecule has 2 aromatic carbocycles. The number of hydrogen-bond acceptors (Lipinski definition) is 3. The van der Waals surface area contributed by atoms with Crippen molar-refractivity contribution in [1.82, 2.24) is 5.32 Å². The summed E-state index contributed by atoms with van der Waals surface area (Å²) in [5.74, 6) is 1.83. The summed E-state index contributed by atoms with van der Waals surface area (Å²) in [5.41, 5.74) is 3.34. The molecule has 4 heteroatoms. The van der Waals surface area contributed by atoms with Gasteiger partial charge in [0.25, 0.3) is 5.91 Å². The molecule has 0 spiro atoms. The fraction of sp³-hybridized carbons (Fsp3) is 0.435. The van der Waals surface area contributed by atoms with Crippen molar-refractivity contribution in [2.24, 2.45) is 0 Å². The molecule has 146 valence electrons. The Balaban J connectivity index is 2.16. The Hall–Kier alpha value is -2.49. The molecule has 0 bridgehead atoms. The Morgan fingerprint density at radius 3 is 2.30 bits per heavy atom. The van der Waals surface area contributed by atoms with Gasteiger partial charge in [-0.1, -0.05) is 39.0 Å². The third-order valence-electron chi connectivity index (χ3n) is 4.75. The zero-order valence-corrected chi connectivity index (χ0v) is 17.2. The summed E-state index contributed by atoms with van der Waals surface area (Å²) in [6.07, 6.45) is 0.0877. The molecule has 0 fully saturated rings. The number of ether oxygens (including phenoxy) is 2. The van der Waals surface area contributed by atoms with Crippen molar-refractivity contribution < 1.29 is 14.3 Å². The molecule has 0 radical (unpaired) electrons. The molecular formula is C23H31NO3. The van der Waals surface area contributed by atoms with Crippen molar-refractivity contribution in [3.63, 3.8) is 0 Å². The Morgan fingerprint density at radius 2 is 1.74 bits per heavy atom. The molecular weight excluding hydrogens is 338 g/mol. The van der Waals surface area contributed by atoms with E-state index in [2.05, 4.69) is 25.2 Å². The molecule has 2 aromatic rings. The summed E-state index contributed by atoms with van der Waals surface area (Å²) >= 11 is 0. The molecule has 4 nitrogen and oxygen atoms in total. The first kappa shape index (κ1) is 20.8. The molecule has 0 heterocycles. The Kier molecular flexibility index (Phi) is 7.28. The summed E-state index contributed by atoms with van der Waals surface area (Å²) in [7, 11) is 1.69. The van der Waals surface area contributed by atoms with E-state index < -0.39 is 6.10 Å². The summed E-state index contributed by atoms with van der Waals surface area (Å²) in [4.78, 5) is 12.8. The van der Waals surface area contributed by atoms with Gasteiger partial charge in [-0.05, 0) is 67.1 Å². The molecule has 0 aliphatic heterocycles. The summed E-state index contributed by atoms with van der Waals surface area (Å²) < 4.78 is 11.4. The van der Waals surface area contributed by atoms with Gasteiger partial charge < -0.3 is 14.8 Å². The molecule has 0 aliphatic rings. The van der Waals surface area contributed by atoms with Crippen molar-refractivity contribution in [2.75, 3.05) is 7.11 Å². The molecule has 0 aromatic heterocycles. The highest BCUT2D eigenvalue weighted by Gasteiger charge is 2.22. The highest BCUT2D eigenvalue weighted by Crippen LogP contribution is 2.32. The lowest BCUT2D eigenvalue weighted by molar-refractivity contribution is -0.128. The minimum atomic E-state index is -0.516. The lowest BCUT2D eigenvalue weighted by Gasteiger charge is -2.23. The fourth-order valence-electron chi connectivity index (χ4n) is 3.18. The molecule has 0 saturated heterocycles. The third kappa shape index (κ3) is 5.25. The van der Waals surface area contributed by atoms with E-state index in [1.165, 1.54) is 0 Å². The normalized spacial score (nSPS) is 13.1. The molecule has 0 unspecified atom stereocenters. The number of carbonyl (C=O) groups excluding carboxylic acids is 1. The first-order valence-electron chi connectivity index (χ1n) is 9.57. The van der Waals surface area contributed by atoms with Gasteiger partial charge in [0.2, 0.25) is 0 Å². The molecule has 2 atom stereocenters. The van der Waals surface area contributed by atoms with Crippen LogP contribution in [0.4, 0.5) is 0 Å². The predicted molar refractivity (Wildman–Crippen MR) is 110 cm³/mol. The average molecular weight is 370 g/mol. The van der Waals surface area contributed by atoms with Crippen molar-refractivity contribution >= 4 is 5.91 Å². The summed E-state index contributed by atoms with van der Waals surface area (Å²) in [6.45, 7) is 10.3.